The van der Waals surface area contributed by atoms with Crippen LogP contribution in [0.1, 0.15) is 30.1 Å². The first-order valence-electron chi connectivity index (χ1n) is 6.49. The molecule has 0 aromatic carbocycles. The second-order valence-corrected chi connectivity index (χ2v) is 6.25. The fraction of sp³-hybridized carbons (Fsp3) is 0.286. The van der Waals surface area contributed by atoms with Crippen molar-refractivity contribution in [2.45, 2.75) is 25.8 Å². The van der Waals surface area contributed by atoms with Crippen molar-refractivity contribution in [2.75, 3.05) is 0 Å². The van der Waals surface area contributed by atoms with E-state index in [0.717, 1.165) is 4.88 Å². The fourth-order valence-corrected chi connectivity index (χ4v) is 3.07. The summed E-state index contributed by atoms with van der Waals surface area (Å²) in [6.07, 6.45) is 4.33. The number of aromatic amines is 1. The maximum absolute atomic E-state index is 12.3. The summed E-state index contributed by atoms with van der Waals surface area (Å²) >= 11 is 7.27. The molecular formula is C14H15ClN2O3S. The number of nitrogens with one attached hydrogen (secondary N) is 2. The van der Waals surface area contributed by atoms with Crippen LogP contribution in [0.2, 0.25) is 4.34 Å². The lowest BCUT2D eigenvalue weighted by Crippen LogP contribution is -2.40. The molecule has 112 valence electrons. The second kappa shape index (κ2) is 6.78. The molecule has 1 amide bonds. The molecule has 0 spiro atoms. The smallest absolute Gasteiger partial charge is 0.326 e. The van der Waals surface area contributed by atoms with Crippen molar-refractivity contribution < 1.29 is 14.7 Å². The van der Waals surface area contributed by atoms with Crippen LogP contribution in [0.15, 0.2) is 24.5 Å². The third kappa shape index (κ3) is 3.65. The van der Waals surface area contributed by atoms with E-state index >= 15 is 0 Å². The summed E-state index contributed by atoms with van der Waals surface area (Å²) in [5, 5.41) is 11.7. The number of thiophene rings is 1. The Kier molecular flexibility index (Phi) is 5.03. The van der Waals surface area contributed by atoms with Gasteiger partial charge in [-0.15, -0.1) is 11.3 Å². The van der Waals surface area contributed by atoms with Crippen molar-refractivity contribution in [1.29, 1.82) is 0 Å². The van der Waals surface area contributed by atoms with Gasteiger partial charge in [0, 0.05) is 22.8 Å². The summed E-state index contributed by atoms with van der Waals surface area (Å²) in [4.78, 5) is 27.1. The highest BCUT2D eigenvalue weighted by molar-refractivity contribution is 7.19. The van der Waals surface area contributed by atoms with E-state index in [2.05, 4.69) is 10.3 Å². The molecule has 5 nitrogen and oxygen atoms in total. The van der Waals surface area contributed by atoms with Crippen LogP contribution in [0.25, 0.3) is 10.4 Å². The first kappa shape index (κ1) is 15.6. The first-order valence-corrected chi connectivity index (χ1v) is 7.68. The van der Waals surface area contributed by atoms with Gasteiger partial charge in [0.25, 0.3) is 5.91 Å². The number of halogens is 1. The molecule has 7 heteroatoms. The monoisotopic (exact) mass is 326 g/mol. The van der Waals surface area contributed by atoms with Crippen LogP contribution in [0.3, 0.4) is 0 Å². The summed E-state index contributed by atoms with van der Waals surface area (Å²) < 4.78 is 0.631. The summed E-state index contributed by atoms with van der Waals surface area (Å²) in [5.74, 6) is -1.43. The minimum Gasteiger partial charge on any atom is -0.480 e. The third-order valence-electron chi connectivity index (χ3n) is 3.01. The lowest BCUT2D eigenvalue weighted by Gasteiger charge is -2.13. The molecule has 21 heavy (non-hydrogen) atoms. The van der Waals surface area contributed by atoms with Crippen LogP contribution in [0.5, 0.6) is 0 Å². The van der Waals surface area contributed by atoms with E-state index in [1.165, 1.54) is 11.3 Å². The molecule has 1 unspecified atom stereocenters. The van der Waals surface area contributed by atoms with E-state index in [0.29, 0.717) is 28.3 Å². The van der Waals surface area contributed by atoms with Crippen LogP contribution in [-0.2, 0) is 4.79 Å². The van der Waals surface area contributed by atoms with E-state index in [9.17, 15) is 9.59 Å². The van der Waals surface area contributed by atoms with Gasteiger partial charge in [-0.1, -0.05) is 24.9 Å². The number of aliphatic carboxylic acids is 1. The highest BCUT2D eigenvalue weighted by Crippen LogP contribution is 2.33. The normalized spacial score (nSPS) is 12.1. The van der Waals surface area contributed by atoms with Gasteiger partial charge in [-0.25, -0.2) is 4.79 Å². The molecule has 0 aliphatic carbocycles. The number of carboxylic acids is 1. The van der Waals surface area contributed by atoms with Gasteiger partial charge in [0.2, 0.25) is 0 Å². The van der Waals surface area contributed by atoms with Gasteiger partial charge in [-0.2, -0.15) is 0 Å². The molecule has 0 fully saturated rings. The molecule has 0 saturated carbocycles. The molecule has 0 radical (unpaired) electrons. The zero-order valence-corrected chi connectivity index (χ0v) is 12.9. The van der Waals surface area contributed by atoms with Crippen molar-refractivity contribution >= 4 is 34.8 Å². The van der Waals surface area contributed by atoms with Gasteiger partial charge in [0.1, 0.15) is 6.04 Å². The molecule has 2 rings (SSSR count). The van der Waals surface area contributed by atoms with Crippen molar-refractivity contribution in [2.24, 2.45) is 0 Å². The van der Waals surface area contributed by atoms with Gasteiger partial charge in [-0.3, -0.25) is 4.79 Å². The summed E-state index contributed by atoms with van der Waals surface area (Å²) in [5.41, 5.74) is 1.13. The van der Waals surface area contributed by atoms with E-state index in [1.807, 2.05) is 13.0 Å². The first-order chi connectivity index (χ1) is 10.0. The molecule has 0 aliphatic heterocycles. The Bertz CT molecular complexity index is 650. The SMILES string of the molecule is CCCC(NC(=O)c1c[nH]cc1-c1ccc(Cl)s1)C(=O)O. The van der Waals surface area contributed by atoms with Crippen LogP contribution in [0, 0.1) is 0 Å². The highest BCUT2D eigenvalue weighted by Gasteiger charge is 2.22. The molecule has 0 bridgehead atoms. The molecule has 2 aromatic heterocycles. The lowest BCUT2D eigenvalue weighted by atomic mass is 10.1. The Morgan fingerprint density at radius 1 is 1.43 bits per heavy atom. The maximum atomic E-state index is 12.3. The topological polar surface area (TPSA) is 82.2 Å². The summed E-state index contributed by atoms with van der Waals surface area (Å²) in [7, 11) is 0. The Labute approximate surface area is 130 Å². The zero-order valence-electron chi connectivity index (χ0n) is 11.4. The Balaban J connectivity index is 2.20. The highest BCUT2D eigenvalue weighted by atomic mass is 35.5. The maximum Gasteiger partial charge on any atom is 0.326 e. The molecule has 3 N–H and O–H groups in total. The van der Waals surface area contributed by atoms with Crippen LogP contribution >= 0.6 is 22.9 Å². The number of rotatable bonds is 6. The molecule has 0 aliphatic rings. The number of amides is 1. The molecular weight excluding hydrogens is 312 g/mol. The second-order valence-electron chi connectivity index (χ2n) is 4.54. The average molecular weight is 327 g/mol. The number of H-pyrrole nitrogens is 1. The number of hydrogen-bond acceptors (Lipinski definition) is 3. The van der Waals surface area contributed by atoms with Gasteiger partial charge in [0.15, 0.2) is 0 Å². The fourth-order valence-electron chi connectivity index (χ4n) is 2.00. The minimum atomic E-state index is -1.03. The summed E-state index contributed by atoms with van der Waals surface area (Å²) in [6, 6.07) is 2.71. The Hall–Kier alpha value is -1.79. The van der Waals surface area contributed by atoms with Gasteiger partial charge in [-0.05, 0) is 18.6 Å². The lowest BCUT2D eigenvalue weighted by molar-refractivity contribution is -0.139. The van der Waals surface area contributed by atoms with Crippen molar-refractivity contribution in [1.82, 2.24) is 10.3 Å². The molecule has 2 aromatic rings. The van der Waals surface area contributed by atoms with Crippen molar-refractivity contribution in [3.05, 3.63) is 34.4 Å². The van der Waals surface area contributed by atoms with Crippen LogP contribution in [0.4, 0.5) is 0 Å². The number of carboxylic acid groups (broad SMARTS) is 1. The van der Waals surface area contributed by atoms with Crippen molar-refractivity contribution in [3.8, 4) is 10.4 Å². The largest absolute Gasteiger partial charge is 0.480 e. The van der Waals surface area contributed by atoms with E-state index < -0.39 is 17.9 Å². The summed E-state index contributed by atoms with van der Waals surface area (Å²) in [6.45, 7) is 1.87. The van der Waals surface area contributed by atoms with Gasteiger partial charge in [0.05, 0.1) is 9.90 Å². The minimum absolute atomic E-state index is 0.395. The van der Waals surface area contributed by atoms with Gasteiger partial charge < -0.3 is 15.4 Å². The number of aromatic nitrogens is 1. The van der Waals surface area contributed by atoms with E-state index in [4.69, 9.17) is 16.7 Å². The predicted octanol–water partition coefficient (Wildman–Crippen LogP) is 3.38. The van der Waals surface area contributed by atoms with E-state index in [-0.39, 0.29) is 0 Å². The van der Waals surface area contributed by atoms with Gasteiger partial charge >= 0.3 is 5.97 Å². The number of hydrogen-bond donors (Lipinski definition) is 3. The van der Waals surface area contributed by atoms with Crippen LogP contribution in [-0.4, -0.2) is 28.0 Å². The zero-order chi connectivity index (χ0) is 15.4. The predicted molar refractivity (Wildman–Crippen MR) is 82.9 cm³/mol. The van der Waals surface area contributed by atoms with E-state index in [1.54, 1.807) is 18.5 Å². The number of carbonyl (C=O) groups excluding carboxylic acids is 1. The Morgan fingerprint density at radius 3 is 2.76 bits per heavy atom. The quantitative estimate of drug-likeness (QED) is 0.761. The average Bonchev–Trinajstić information content (AvgIpc) is 3.06. The Morgan fingerprint density at radius 2 is 2.19 bits per heavy atom. The standard InChI is InChI=1S/C14H15ClN2O3S/c1-2-3-10(14(19)20)17-13(18)9-7-16-6-8(9)11-4-5-12(15)21-11/h4-7,10,16H,2-3H2,1H3,(H,17,18)(H,19,20). The van der Waals surface area contributed by atoms with Crippen molar-refractivity contribution in [3.63, 3.8) is 0 Å². The molecule has 1 atom stereocenters. The number of carbonyl (C=O) groups is 2. The third-order valence-corrected chi connectivity index (χ3v) is 4.27. The van der Waals surface area contributed by atoms with Crippen LogP contribution < -0.4 is 5.32 Å². The molecule has 2 heterocycles. The molecule has 0 saturated heterocycles.